The SMILES string of the molecule is CCOc1cc2nc(-c3nn(C4CCCCO4)cc3N)[nH]c2cc1CC. The number of imidazole rings is 1. The number of ether oxygens (including phenoxy) is 2. The first-order chi connectivity index (χ1) is 12.7. The van der Waals surface area contributed by atoms with Crippen LogP contribution < -0.4 is 10.5 Å². The van der Waals surface area contributed by atoms with E-state index in [2.05, 4.69) is 28.1 Å². The van der Waals surface area contributed by atoms with E-state index in [1.165, 1.54) is 0 Å². The lowest BCUT2D eigenvalue weighted by molar-refractivity contribution is -0.0393. The van der Waals surface area contributed by atoms with E-state index in [0.29, 0.717) is 23.8 Å². The highest BCUT2D eigenvalue weighted by Crippen LogP contribution is 2.31. The Kier molecular flexibility index (Phi) is 4.55. The fraction of sp³-hybridized carbons (Fsp3) is 0.474. The third-order valence-corrected chi connectivity index (χ3v) is 4.78. The summed E-state index contributed by atoms with van der Waals surface area (Å²) >= 11 is 0. The molecule has 0 amide bonds. The van der Waals surface area contributed by atoms with Crippen molar-refractivity contribution in [1.29, 1.82) is 0 Å². The molecule has 3 aromatic rings. The van der Waals surface area contributed by atoms with Gasteiger partial charge in [0, 0.05) is 12.7 Å². The van der Waals surface area contributed by atoms with Crippen LogP contribution in [-0.2, 0) is 11.2 Å². The maximum absolute atomic E-state index is 6.21. The van der Waals surface area contributed by atoms with Gasteiger partial charge in [0.25, 0.3) is 0 Å². The highest BCUT2D eigenvalue weighted by atomic mass is 16.5. The minimum absolute atomic E-state index is 0.0413. The molecule has 2 aromatic heterocycles. The van der Waals surface area contributed by atoms with Crippen molar-refractivity contribution in [3.63, 3.8) is 0 Å². The summed E-state index contributed by atoms with van der Waals surface area (Å²) in [4.78, 5) is 8.04. The molecular weight excluding hydrogens is 330 g/mol. The first kappa shape index (κ1) is 16.9. The zero-order valence-corrected chi connectivity index (χ0v) is 15.3. The lowest BCUT2D eigenvalue weighted by Gasteiger charge is -2.22. The van der Waals surface area contributed by atoms with Crippen LogP contribution in [0.2, 0.25) is 0 Å². The summed E-state index contributed by atoms with van der Waals surface area (Å²) in [5.41, 5.74) is 10.4. The monoisotopic (exact) mass is 355 g/mol. The normalized spacial score (nSPS) is 17.7. The summed E-state index contributed by atoms with van der Waals surface area (Å²) in [6.07, 6.45) is 5.89. The van der Waals surface area contributed by atoms with Crippen LogP contribution >= 0.6 is 0 Å². The molecule has 0 spiro atoms. The number of rotatable bonds is 5. The lowest BCUT2D eigenvalue weighted by atomic mass is 10.1. The van der Waals surface area contributed by atoms with Crippen molar-refractivity contribution in [2.75, 3.05) is 18.9 Å². The molecule has 26 heavy (non-hydrogen) atoms. The van der Waals surface area contributed by atoms with Gasteiger partial charge in [-0.1, -0.05) is 6.92 Å². The molecule has 4 rings (SSSR count). The number of nitrogens with zero attached hydrogens (tertiary/aromatic N) is 3. The van der Waals surface area contributed by atoms with Crippen molar-refractivity contribution < 1.29 is 9.47 Å². The topological polar surface area (TPSA) is 91.0 Å². The molecular formula is C19H25N5O2. The van der Waals surface area contributed by atoms with Crippen molar-refractivity contribution in [2.24, 2.45) is 0 Å². The minimum atomic E-state index is -0.0413. The van der Waals surface area contributed by atoms with E-state index in [1.807, 2.05) is 23.9 Å². The van der Waals surface area contributed by atoms with Gasteiger partial charge in [-0.15, -0.1) is 0 Å². The predicted molar refractivity (Wildman–Crippen MR) is 101 cm³/mol. The molecule has 3 heterocycles. The number of anilines is 1. The maximum atomic E-state index is 6.21. The third-order valence-electron chi connectivity index (χ3n) is 4.78. The van der Waals surface area contributed by atoms with Crippen LogP contribution in [0.4, 0.5) is 5.69 Å². The van der Waals surface area contributed by atoms with Gasteiger partial charge < -0.3 is 20.2 Å². The minimum Gasteiger partial charge on any atom is -0.494 e. The maximum Gasteiger partial charge on any atom is 0.161 e. The molecule has 7 heteroatoms. The van der Waals surface area contributed by atoms with E-state index in [4.69, 9.17) is 15.2 Å². The second-order valence-electron chi connectivity index (χ2n) is 6.58. The average Bonchev–Trinajstić information content (AvgIpc) is 3.24. The molecule has 0 bridgehead atoms. The zero-order chi connectivity index (χ0) is 18.1. The van der Waals surface area contributed by atoms with Crippen molar-refractivity contribution in [3.8, 4) is 17.3 Å². The highest BCUT2D eigenvalue weighted by Gasteiger charge is 2.20. The van der Waals surface area contributed by atoms with Gasteiger partial charge in [-0.3, -0.25) is 0 Å². The number of aromatic nitrogens is 4. The Balaban J connectivity index is 1.71. The number of aryl methyl sites for hydroxylation is 1. The Morgan fingerprint density at radius 1 is 1.35 bits per heavy atom. The average molecular weight is 355 g/mol. The summed E-state index contributed by atoms with van der Waals surface area (Å²) in [6.45, 7) is 5.50. The van der Waals surface area contributed by atoms with Gasteiger partial charge in [0.05, 0.1) is 29.5 Å². The quantitative estimate of drug-likeness (QED) is 0.729. The molecule has 1 aliphatic heterocycles. The van der Waals surface area contributed by atoms with E-state index in [-0.39, 0.29) is 6.23 Å². The van der Waals surface area contributed by atoms with Crippen LogP contribution in [0, 0.1) is 0 Å². The van der Waals surface area contributed by atoms with Crippen LogP contribution in [0.15, 0.2) is 18.3 Å². The van der Waals surface area contributed by atoms with Crippen LogP contribution in [0.1, 0.15) is 44.9 Å². The van der Waals surface area contributed by atoms with Crippen LogP contribution in [0.25, 0.3) is 22.6 Å². The van der Waals surface area contributed by atoms with Crippen molar-refractivity contribution >= 4 is 16.7 Å². The van der Waals surface area contributed by atoms with E-state index in [9.17, 15) is 0 Å². The van der Waals surface area contributed by atoms with Crippen molar-refractivity contribution in [3.05, 3.63) is 23.9 Å². The Morgan fingerprint density at radius 2 is 2.23 bits per heavy atom. The smallest absolute Gasteiger partial charge is 0.161 e. The Bertz CT molecular complexity index is 908. The van der Waals surface area contributed by atoms with Crippen LogP contribution in [0.5, 0.6) is 5.75 Å². The lowest BCUT2D eigenvalue weighted by Crippen LogP contribution is -2.18. The fourth-order valence-electron chi connectivity index (χ4n) is 3.43. The molecule has 1 atom stereocenters. The fourth-order valence-corrected chi connectivity index (χ4v) is 3.43. The number of aromatic amines is 1. The predicted octanol–water partition coefficient (Wildman–Crippen LogP) is 3.67. The summed E-state index contributed by atoms with van der Waals surface area (Å²) < 4.78 is 13.4. The zero-order valence-electron chi connectivity index (χ0n) is 15.3. The molecule has 1 fully saturated rings. The Morgan fingerprint density at radius 3 is 2.96 bits per heavy atom. The van der Waals surface area contributed by atoms with Gasteiger partial charge in [0.1, 0.15) is 12.0 Å². The van der Waals surface area contributed by atoms with Gasteiger partial charge in [-0.25, -0.2) is 9.67 Å². The molecule has 3 N–H and O–H groups in total. The van der Waals surface area contributed by atoms with Gasteiger partial charge in [0.2, 0.25) is 0 Å². The Labute approximate surface area is 152 Å². The number of nitrogens with two attached hydrogens (primary N) is 1. The number of hydrogen-bond acceptors (Lipinski definition) is 5. The molecule has 0 radical (unpaired) electrons. The van der Waals surface area contributed by atoms with Crippen molar-refractivity contribution in [1.82, 2.24) is 19.7 Å². The van der Waals surface area contributed by atoms with E-state index in [0.717, 1.165) is 54.6 Å². The molecule has 7 nitrogen and oxygen atoms in total. The molecule has 1 aliphatic rings. The Hall–Kier alpha value is -2.54. The van der Waals surface area contributed by atoms with Crippen LogP contribution in [-0.4, -0.2) is 33.0 Å². The van der Waals surface area contributed by atoms with Gasteiger partial charge >= 0.3 is 0 Å². The highest BCUT2D eigenvalue weighted by molar-refractivity contribution is 5.83. The second kappa shape index (κ2) is 6.99. The summed E-state index contributed by atoms with van der Waals surface area (Å²) in [7, 11) is 0. The van der Waals surface area contributed by atoms with E-state index in [1.54, 1.807) is 0 Å². The first-order valence-corrected chi connectivity index (χ1v) is 9.31. The molecule has 0 aliphatic carbocycles. The third kappa shape index (κ3) is 3.03. The first-order valence-electron chi connectivity index (χ1n) is 9.31. The summed E-state index contributed by atoms with van der Waals surface area (Å²) in [5, 5.41) is 4.64. The number of benzene rings is 1. The summed E-state index contributed by atoms with van der Waals surface area (Å²) in [6, 6.07) is 4.07. The number of fused-ring (bicyclic) bond motifs is 1. The molecule has 1 saturated heterocycles. The summed E-state index contributed by atoms with van der Waals surface area (Å²) in [5.74, 6) is 1.55. The van der Waals surface area contributed by atoms with Gasteiger partial charge in [0.15, 0.2) is 11.5 Å². The van der Waals surface area contributed by atoms with Gasteiger partial charge in [-0.05, 0) is 44.2 Å². The molecule has 138 valence electrons. The van der Waals surface area contributed by atoms with E-state index >= 15 is 0 Å². The number of nitrogen functional groups attached to an aromatic ring is 1. The molecule has 0 saturated carbocycles. The van der Waals surface area contributed by atoms with Crippen LogP contribution in [0.3, 0.4) is 0 Å². The molecule has 1 aromatic carbocycles. The second-order valence-corrected chi connectivity index (χ2v) is 6.58. The standard InChI is InChI=1S/C19H25N5O2/c1-3-12-9-14-15(10-16(12)25-4-2)22-19(21-14)18-13(20)11-24(23-18)17-7-5-6-8-26-17/h9-11,17H,3-8,20H2,1-2H3,(H,21,22). The molecule has 1 unspecified atom stereocenters. The van der Waals surface area contributed by atoms with Gasteiger partial charge in [-0.2, -0.15) is 5.10 Å². The number of H-pyrrole nitrogens is 1. The largest absolute Gasteiger partial charge is 0.494 e. The number of nitrogens with one attached hydrogen (secondary N) is 1. The van der Waals surface area contributed by atoms with Crippen molar-refractivity contribution in [2.45, 2.75) is 45.8 Å². The number of hydrogen-bond donors (Lipinski definition) is 2. The van der Waals surface area contributed by atoms with E-state index < -0.39 is 0 Å².